The van der Waals surface area contributed by atoms with Crippen LogP contribution >= 0.6 is 0 Å². The van der Waals surface area contributed by atoms with Crippen LogP contribution in [0, 0.1) is 0 Å². The van der Waals surface area contributed by atoms with Crippen molar-refractivity contribution in [3.63, 3.8) is 0 Å². The van der Waals surface area contributed by atoms with Crippen molar-refractivity contribution < 1.29 is 19.1 Å². The smallest absolute Gasteiger partial charge is 0.330 e. The molecule has 0 spiro atoms. The molecule has 0 radical (unpaired) electrons. The first-order valence-corrected chi connectivity index (χ1v) is 5.00. The number of hydrogen-bond acceptors (Lipinski definition) is 4. The highest BCUT2D eigenvalue weighted by molar-refractivity contribution is 5.81. The van der Waals surface area contributed by atoms with Gasteiger partial charge in [-0.1, -0.05) is 19.9 Å². The average Bonchev–Trinajstić information content (AvgIpc) is 2.18. The van der Waals surface area contributed by atoms with E-state index in [0.29, 0.717) is 13.2 Å². The third kappa shape index (κ3) is 19.2. The van der Waals surface area contributed by atoms with Crippen LogP contribution in [0.2, 0.25) is 0 Å². The molecule has 0 saturated heterocycles. The van der Waals surface area contributed by atoms with Gasteiger partial charge in [0.25, 0.3) is 0 Å². The van der Waals surface area contributed by atoms with E-state index in [1.165, 1.54) is 13.0 Å². The molecule has 0 fully saturated rings. The first-order valence-electron chi connectivity index (χ1n) is 5.00. The molecule has 0 unspecified atom stereocenters. The van der Waals surface area contributed by atoms with Gasteiger partial charge in [0.1, 0.15) is 0 Å². The van der Waals surface area contributed by atoms with E-state index in [9.17, 15) is 9.59 Å². The number of ether oxygens (including phenoxy) is 2. The summed E-state index contributed by atoms with van der Waals surface area (Å²) in [5.41, 5.74) is 0. The molecule has 0 N–H and O–H groups in total. The Labute approximate surface area is 91.3 Å². The molecule has 0 aromatic rings. The maximum Gasteiger partial charge on any atom is 0.330 e. The molecule has 0 aliphatic carbocycles. The topological polar surface area (TPSA) is 52.6 Å². The Morgan fingerprint density at radius 2 is 1.87 bits per heavy atom. The minimum absolute atomic E-state index is 0.211. The van der Waals surface area contributed by atoms with Crippen LogP contribution in [0.5, 0.6) is 0 Å². The molecule has 88 valence electrons. The van der Waals surface area contributed by atoms with Crippen molar-refractivity contribution in [2.75, 3.05) is 13.2 Å². The highest BCUT2D eigenvalue weighted by Crippen LogP contribution is 1.88. The van der Waals surface area contributed by atoms with Crippen molar-refractivity contribution in [2.45, 2.75) is 33.6 Å². The molecular weight excluding hydrogens is 196 g/mol. The Hall–Kier alpha value is -1.32. The Morgan fingerprint density at radius 3 is 2.13 bits per heavy atom. The maximum absolute atomic E-state index is 10.3. The third-order valence-corrected chi connectivity index (χ3v) is 1.26. The zero-order valence-electron chi connectivity index (χ0n) is 9.75. The zero-order valence-corrected chi connectivity index (χ0v) is 9.75. The van der Waals surface area contributed by atoms with Crippen LogP contribution in [0.25, 0.3) is 0 Å². The van der Waals surface area contributed by atoms with E-state index in [2.05, 4.69) is 16.1 Å². The average molecular weight is 216 g/mol. The van der Waals surface area contributed by atoms with Crippen molar-refractivity contribution in [3.05, 3.63) is 12.7 Å². The number of unbranched alkanes of at least 4 members (excludes halogenated alkanes) is 1. The van der Waals surface area contributed by atoms with Gasteiger partial charge in [0.05, 0.1) is 13.2 Å². The minimum atomic E-state index is -0.330. The van der Waals surface area contributed by atoms with Crippen LogP contribution in [0.3, 0.4) is 0 Å². The lowest BCUT2D eigenvalue weighted by Gasteiger charge is -1.97. The second-order valence-electron chi connectivity index (χ2n) is 2.65. The predicted molar refractivity (Wildman–Crippen MR) is 58.4 cm³/mol. The largest absolute Gasteiger partial charge is 0.466 e. The predicted octanol–water partition coefficient (Wildman–Crippen LogP) is 2.09. The molecule has 0 aliphatic rings. The van der Waals surface area contributed by atoms with Crippen molar-refractivity contribution in [1.29, 1.82) is 0 Å². The van der Waals surface area contributed by atoms with E-state index in [-0.39, 0.29) is 11.9 Å². The van der Waals surface area contributed by atoms with Gasteiger partial charge in [-0.2, -0.15) is 0 Å². The quantitative estimate of drug-likeness (QED) is 0.401. The Balaban J connectivity index is 0. The fourth-order valence-electron chi connectivity index (χ4n) is 0.579. The van der Waals surface area contributed by atoms with E-state index in [0.717, 1.165) is 12.8 Å². The molecule has 4 heteroatoms. The number of carbonyl (C=O) groups excluding carboxylic acids is 2. The van der Waals surface area contributed by atoms with E-state index >= 15 is 0 Å². The molecule has 0 saturated carbocycles. The van der Waals surface area contributed by atoms with Gasteiger partial charge in [0, 0.05) is 13.0 Å². The fraction of sp³-hybridized carbons (Fsp3) is 0.636. The molecule has 0 aromatic carbocycles. The van der Waals surface area contributed by atoms with Gasteiger partial charge in [-0.05, 0) is 13.3 Å². The number of rotatable bonds is 5. The SMILES string of the molecule is C=CC(=O)OCCCC.CCOC(C)=O. The summed E-state index contributed by atoms with van der Waals surface area (Å²) >= 11 is 0. The summed E-state index contributed by atoms with van der Waals surface area (Å²) in [5.74, 6) is -0.541. The van der Waals surface area contributed by atoms with Gasteiger partial charge in [-0.25, -0.2) is 4.79 Å². The van der Waals surface area contributed by atoms with Gasteiger partial charge in [-0.15, -0.1) is 0 Å². The van der Waals surface area contributed by atoms with Crippen molar-refractivity contribution in [3.8, 4) is 0 Å². The lowest BCUT2D eigenvalue weighted by Crippen LogP contribution is -2.00. The molecule has 0 rings (SSSR count). The van der Waals surface area contributed by atoms with E-state index in [1.54, 1.807) is 6.92 Å². The second-order valence-corrected chi connectivity index (χ2v) is 2.65. The van der Waals surface area contributed by atoms with Gasteiger partial charge in [-0.3, -0.25) is 4.79 Å². The van der Waals surface area contributed by atoms with Crippen molar-refractivity contribution >= 4 is 11.9 Å². The summed E-state index contributed by atoms with van der Waals surface area (Å²) < 4.78 is 9.08. The first kappa shape index (κ1) is 16.1. The van der Waals surface area contributed by atoms with Crippen molar-refractivity contribution in [2.24, 2.45) is 0 Å². The van der Waals surface area contributed by atoms with Crippen LogP contribution in [-0.4, -0.2) is 25.2 Å². The van der Waals surface area contributed by atoms with Gasteiger partial charge >= 0.3 is 11.9 Å². The monoisotopic (exact) mass is 216 g/mol. The summed E-state index contributed by atoms with van der Waals surface area (Å²) in [6.45, 7) is 9.48. The molecule has 0 amide bonds. The molecule has 0 aromatic heterocycles. The Bertz CT molecular complexity index is 187. The van der Waals surface area contributed by atoms with Crippen molar-refractivity contribution in [1.82, 2.24) is 0 Å². The summed E-state index contributed by atoms with van der Waals surface area (Å²) in [7, 11) is 0. The molecule has 0 heterocycles. The second kappa shape index (κ2) is 12.7. The third-order valence-electron chi connectivity index (χ3n) is 1.26. The Kier molecular flexibility index (Phi) is 13.6. The van der Waals surface area contributed by atoms with Crippen LogP contribution in [0.4, 0.5) is 0 Å². The lowest BCUT2D eigenvalue weighted by molar-refractivity contribution is -0.140. The van der Waals surface area contributed by atoms with E-state index in [4.69, 9.17) is 0 Å². The highest BCUT2D eigenvalue weighted by Gasteiger charge is 1.91. The van der Waals surface area contributed by atoms with Crippen LogP contribution in [0.1, 0.15) is 33.6 Å². The summed E-state index contributed by atoms with van der Waals surface area (Å²) in [4.78, 5) is 20.2. The van der Waals surface area contributed by atoms with E-state index in [1.807, 2.05) is 6.92 Å². The number of esters is 2. The minimum Gasteiger partial charge on any atom is -0.466 e. The summed E-state index contributed by atoms with van der Waals surface area (Å²) in [6, 6.07) is 0. The van der Waals surface area contributed by atoms with Gasteiger partial charge in [0.2, 0.25) is 0 Å². The summed E-state index contributed by atoms with van der Waals surface area (Å²) in [6.07, 6.45) is 3.15. The van der Waals surface area contributed by atoms with Gasteiger partial charge < -0.3 is 9.47 Å². The van der Waals surface area contributed by atoms with Crippen LogP contribution in [0.15, 0.2) is 12.7 Å². The van der Waals surface area contributed by atoms with Gasteiger partial charge in [0.15, 0.2) is 0 Å². The number of carbonyl (C=O) groups is 2. The molecule has 0 bridgehead atoms. The highest BCUT2D eigenvalue weighted by atomic mass is 16.5. The molecule has 0 atom stereocenters. The first-order chi connectivity index (χ1) is 7.08. The standard InChI is InChI=1S/C7H12O2.C4H8O2/c1-3-5-6-9-7(8)4-2;1-3-6-4(2)5/h4H,2-3,5-6H2,1H3;3H2,1-2H3. The maximum atomic E-state index is 10.3. The normalized spacial score (nSPS) is 8.20. The van der Waals surface area contributed by atoms with E-state index < -0.39 is 0 Å². The zero-order chi connectivity index (χ0) is 12.1. The molecule has 15 heavy (non-hydrogen) atoms. The van der Waals surface area contributed by atoms with Crippen LogP contribution in [-0.2, 0) is 19.1 Å². The van der Waals surface area contributed by atoms with Crippen LogP contribution < -0.4 is 0 Å². The number of hydrogen-bond donors (Lipinski definition) is 0. The lowest BCUT2D eigenvalue weighted by atomic mass is 10.4. The molecular formula is C11H20O4. The molecule has 0 aliphatic heterocycles. The summed E-state index contributed by atoms with van der Waals surface area (Å²) in [5, 5.41) is 0. The molecule has 4 nitrogen and oxygen atoms in total. The Morgan fingerprint density at radius 1 is 1.27 bits per heavy atom. The fourth-order valence-corrected chi connectivity index (χ4v) is 0.579.